The maximum absolute atomic E-state index is 11.8. The Balaban J connectivity index is 0.00000162. The highest BCUT2D eigenvalue weighted by Gasteiger charge is 2.34. The van der Waals surface area contributed by atoms with Gasteiger partial charge in [0.2, 0.25) is 0 Å². The first kappa shape index (κ1) is 16.1. The van der Waals surface area contributed by atoms with Gasteiger partial charge in [-0.2, -0.15) is 12.7 Å². The summed E-state index contributed by atoms with van der Waals surface area (Å²) in [5, 5.41) is 3.31. The van der Waals surface area contributed by atoms with E-state index in [0.29, 0.717) is 25.7 Å². The highest BCUT2D eigenvalue weighted by Crippen LogP contribution is 2.18. The van der Waals surface area contributed by atoms with Crippen LogP contribution < -0.4 is 10.0 Å². The van der Waals surface area contributed by atoms with Crippen LogP contribution in [-0.2, 0) is 10.2 Å². The summed E-state index contributed by atoms with van der Waals surface area (Å²) in [6.07, 6.45) is 0.949. The molecule has 0 aromatic rings. The standard InChI is InChI=1S/C10H22N4O2S.ClH/c1-2-12-17(15,16)14-6-3-10(9-14)13-7-4-11-5-8-13;/h10-12H,2-9H2,1H3;1H. The van der Waals surface area contributed by atoms with Gasteiger partial charge < -0.3 is 5.32 Å². The molecule has 0 aromatic carbocycles. The lowest BCUT2D eigenvalue weighted by atomic mass is 10.2. The van der Waals surface area contributed by atoms with Crippen LogP contribution in [0.2, 0.25) is 0 Å². The molecule has 0 aromatic heterocycles. The Morgan fingerprint density at radius 3 is 2.56 bits per heavy atom. The fourth-order valence-corrected chi connectivity index (χ4v) is 3.81. The average molecular weight is 299 g/mol. The average Bonchev–Trinajstić information content (AvgIpc) is 2.80. The van der Waals surface area contributed by atoms with E-state index in [0.717, 1.165) is 32.6 Å². The molecule has 8 heteroatoms. The van der Waals surface area contributed by atoms with Gasteiger partial charge in [0.1, 0.15) is 0 Å². The first-order valence-electron chi connectivity index (χ1n) is 6.33. The second-order valence-electron chi connectivity index (χ2n) is 4.59. The molecule has 0 aliphatic carbocycles. The van der Waals surface area contributed by atoms with Gasteiger partial charge in [-0.25, -0.2) is 4.72 Å². The largest absolute Gasteiger partial charge is 0.314 e. The van der Waals surface area contributed by atoms with Gasteiger partial charge in [-0.15, -0.1) is 12.4 Å². The molecule has 2 saturated heterocycles. The molecule has 0 spiro atoms. The van der Waals surface area contributed by atoms with E-state index in [1.807, 2.05) is 0 Å². The summed E-state index contributed by atoms with van der Waals surface area (Å²) in [4.78, 5) is 2.40. The van der Waals surface area contributed by atoms with Gasteiger partial charge in [0.25, 0.3) is 10.2 Å². The normalized spacial score (nSPS) is 27.1. The van der Waals surface area contributed by atoms with Crippen LogP contribution in [0.1, 0.15) is 13.3 Å². The minimum absolute atomic E-state index is 0. The first-order valence-corrected chi connectivity index (χ1v) is 7.77. The SMILES string of the molecule is CCNS(=O)(=O)N1CCC(N2CCNCC2)C1.Cl. The van der Waals surface area contributed by atoms with Gasteiger partial charge in [0.05, 0.1) is 0 Å². The topological polar surface area (TPSA) is 64.7 Å². The lowest BCUT2D eigenvalue weighted by Gasteiger charge is -2.32. The van der Waals surface area contributed by atoms with Gasteiger partial charge in [0.15, 0.2) is 0 Å². The van der Waals surface area contributed by atoms with Crippen molar-refractivity contribution in [2.45, 2.75) is 19.4 Å². The summed E-state index contributed by atoms with van der Waals surface area (Å²) >= 11 is 0. The third kappa shape index (κ3) is 3.79. The van der Waals surface area contributed by atoms with Crippen LogP contribution >= 0.6 is 12.4 Å². The quantitative estimate of drug-likeness (QED) is 0.716. The monoisotopic (exact) mass is 298 g/mol. The third-order valence-electron chi connectivity index (χ3n) is 3.46. The maximum atomic E-state index is 11.8. The summed E-state index contributed by atoms with van der Waals surface area (Å²) in [6.45, 7) is 7.62. The number of rotatable bonds is 4. The van der Waals surface area contributed by atoms with Crippen molar-refractivity contribution in [1.29, 1.82) is 0 Å². The Hall–Kier alpha value is 0.0800. The summed E-state index contributed by atoms with van der Waals surface area (Å²) in [6, 6.07) is 0.394. The molecule has 2 rings (SSSR count). The summed E-state index contributed by atoms with van der Waals surface area (Å²) in [5.41, 5.74) is 0. The van der Waals surface area contributed by atoms with E-state index in [9.17, 15) is 8.42 Å². The molecule has 0 saturated carbocycles. The van der Waals surface area contributed by atoms with Crippen molar-refractivity contribution in [1.82, 2.24) is 19.2 Å². The molecule has 2 N–H and O–H groups in total. The van der Waals surface area contributed by atoms with Crippen molar-refractivity contribution in [3.63, 3.8) is 0 Å². The highest BCUT2D eigenvalue weighted by molar-refractivity contribution is 7.87. The zero-order valence-electron chi connectivity index (χ0n) is 10.8. The molecule has 0 radical (unpaired) electrons. The lowest BCUT2D eigenvalue weighted by Crippen LogP contribution is -2.50. The molecular formula is C10H23ClN4O2S. The van der Waals surface area contributed by atoms with Crippen molar-refractivity contribution in [2.75, 3.05) is 45.8 Å². The molecule has 2 heterocycles. The highest BCUT2D eigenvalue weighted by atomic mass is 35.5. The molecular weight excluding hydrogens is 276 g/mol. The third-order valence-corrected chi connectivity index (χ3v) is 5.13. The molecule has 0 amide bonds. The summed E-state index contributed by atoms with van der Waals surface area (Å²) < 4.78 is 27.8. The molecule has 1 atom stereocenters. The van der Waals surface area contributed by atoms with Crippen LogP contribution in [0.25, 0.3) is 0 Å². The second-order valence-corrected chi connectivity index (χ2v) is 6.34. The van der Waals surface area contributed by atoms with E-state index < -0.39 is 10.2 Å². The van der Waals surface area contributed by atoms with E-state index in [1.165, 1.54) is 0 Å². The summed E-state index contributed by atoms with van der Waals surface area (Å²) in [7, 11) is -3.24. The number of piperazine rings is 1. The molecule has 1 unspecified atom stereocenters. The number of hydrogen-bond donors (Lipinski definition) is 2. The van der Waals surface area contributed by atoms with E-state index in [1.54, 1.807) is 11.2 Å². The van der Waals surface area contributed by atoms with E-state index in [4.69, 9.17) is 0 Å². The van der Waals surface area contributed by atoms with Crippen LogP contribution in [0.5, 0.6) is 0 Å². The second kappa shape index (κ2) is 7.02. The van der Waals surface area contributed by atoms with Crippen molar-refractivity contribution < 1.29 is 8.42 Å². The van der Waals surface area contributed by atoms with Gasteiger partial charge in [-0.1, -0.05) is 6.92 Å². The molecule has 2 aliphatic heterocycles. The van der Waals surface area contributed by atoms with Crippen LogP contribution in [0, 0.1) is 0 Å². The van der Waals surface area contributed by atoms with E-state index >= 15 is 0 Å². The Bertz CT molecular complexity index is 346. The summed E-state index contributed by atoms with van der Waals surface area (Å²) in [5.74, 6) is 0. The predicted octanol–water partition coefficient (Wildman–Crippen LogP) is -0.758. The maximum Gasteiger partial charge on any atom is 0.279 e. The Morgan fingerprint density at radius 2 is 1.94 bits per heavy atom. The smallest absolute Gasteiger partial charge is 0.279 e. The van der Waals surface area contributed by atoms with E-state index in [2.05, 4.69) is 14.9 Å². The van der Waals surface area contributed by atoms with Crippen LogP contribution in [0.4, 0.5) is 0 Å². The van der Waals surface area contributed by atoms with Crippen LogP contribution in [0.15, 0.2) is 0 Å². The molecule has 108 valence electrons. The number of nitrogens with one attached hydrogen (secondary N) is 2. The van der Waals surface area contributed by atoms with Crippen LogP contribution in [-0.4, -0.2) is 69.5 Å². The number of nitrogens with zero attached hydrogens (tertiary/aromatic N) is 2. The molecule has 18 heavy (non-hydrogen) atoms. The molecule has 6 nitrogen and oxygen atoms in total. The minimum atomic E-state index is -3.24. The first-order chi connectivity index (χ1) is 8.13. The van der Waals surface area contributed by atoms with Crippen molar-refractivity contribution >= 4 is 22.6 Å². The van der Waals surface area contributed by atoms with Crippen molar-refractivity contribution in [3.05, 3.63) is 0 Å². The van der Waals surface area contributed by atoms with Gasteiger partial charge in [-0.05, 0) is 6.42 Å². The fraction of sp³-hybridized carbons (Fsp3) is 1.00. The van der Waals surface area contributed by atoms with Gasteiger partial charge in [0, 0.05) is 51.9 Å². The number of hydrogen-bond acceptors (Lipinski definition) is 4. The Morgan fingerprint density at radius 1 is 1.28 bits per heavy atom. The fourth-order valence-electron chi connectivity index (χ4n) is 2.55. The van der Waals surface area contributed by atoms with Crippen LogP contribution in [0.3, 0.4) is 0 Å². The van der Waals surface area contributed by atoms with Crippen molar-refractivity contribution in [2.24, 2.45) is 0 Å². The Labute approximate surface area is 116 Å². The van der Waals surface area contributed by atoms with E-state index in [-0.39, 0.29) is 12.4 Å². The molecule has 2 aliphatic rings. The zero-order chi connectivity index (χ0) is 12.3. The Kier molecular flexibility index (Phi) is 6.29. The predicted molar refractivity (Wildman–Crippen MR) is 74.3 cm³/mol. The number of halogens is 1. The van der Waals surface area contributed by atoms with Gasteiger partial charge in [-0.3, -0.25) is 4.90 Å². The van der Waals surface area contributed by atoms with Crippen molar-refractivity contribution in [3.8, 4) is 0 Å². The molecule has 2 fully saturated rings. The lowest BCUT2D eigenvalue weighted by molar-refractivity contribution is 0.179. The zero-order valence-corrected chi connectivity index (χ0v) is 12.4. The molecule has 0 bridgehead atoms. The van der Waals surface area contributed by atoms with Gasteiger partial charge >= 0.3 is 0 Å². The minimum Gasteiger partial charge on any atom is -0.314 e.